The summed E-state index contributed by atoms with van der Waals surface area (Å²) in [4.78, 5) is 32.8. The molecule has 0 amide bonds. The van der Waals surface area contributed by atoms with Crippen molar-refractivity contribution in [3.05, 3.63) is 60.4 Å². The second-order valence-corrected chi connectivity index (χ2v) is 5.15. The minimum atomic E-state index is -1.23. The molecule has 2 rings (SSSR count). The second-order valence-electron chi connectivity index (χ2n) is 4.23. The Morgan fingerprint density at radius 1 is 1.52 bits per heavy atom. The van der Waals surface area contributed by atoms with Gasteiger partial charge in [-0.15, -0.1) is 0 Å². The zero-order valence-electron chi connectivity index (χ0n) is 10.7. The zero-order valence-corrected chi connectivity index (χ0v) is 12.3. The number of aromatic carboxylic acids is 1. The average molecular weight is 357 g/mol. The summed E-state index contributed by atoms with van der Waals surface area (Å²) in [6.45, 7) is 1.53. The fourth-order valence-electron chi connectivity index (χ4n) is 1.80. The van der Waals surface area contributed by atoms with E-state index < -0.39 is 22.1 Å². The van der Waals surface area contributed by atoms with Crippen molar-refractivity contribution in [2.45, 2.75) is 13.5 Å². The van der Waals surface area contributed by atoms with Crippen LogP contribution in [0.4, 0.5) is 5.69 Å². The lowest BCUT2D eigenvalue weighted by Gasteiger charge is -2.05. The van der Waals surface area contributed by atoms with E-state index in [4.69, 9.17) is 9.52 Å². The number of halogens is 1. The SMILES string of the molecule is Cc1oc(C(=O)O)cc1Cn1cc(Br)cc([N+](=O)[O-])c1=O. The number of aryl methyl sites for hydroxylation is 1. The van der Waals surface area contributed by atoms with Crippen molar-refractivity contribution in [1.82, 2.24) is 4.57 Å². The highest BCUT2D eigenvalue weighted by atomic mass is 79.9. The molecule has 8 nitrogen and oxygen atoms in total. The molecule has 0 aromatic carbocycles. The quantitative estimate of drug-likeness (QED) is 0.662. The molecule has 110 valence electrons. The van der Waals surface area contributed by atoms with Crippen LogP contribution in [-0.2, 0) is 6.54 Å². The van der Waals surface area contributed by atoms with Crippen LogP contribution in [0.1, 0.15) is 21.9 Å². The van der Waals surface area contributed by atoms with Gasteiger partial charge in [0, 0.05) is 22.3 Å². The molecule has 2 aromatic rings. The summed E-state index contributed by atoms with van der Waals surface area (Å²) in [5.41, 5.74) is -0.883. The van der Waals surface area contributed by atoms with Gasteiger partial charge in [0.2, 0.25) is 5.76 Å². The maximum Gasteiger partial charge on any atom is 0.371 e. The zero-order chi connectivity index (χ0) is 15.7. The molecule has 1 N–H and O–H groups in total. The number of nitro groups is 1. The molecule has 0 atom stereocenters. The molecular weight excluding hydrogens is 348 g/mol. The molecule has 21 heavy (non-hydrogen) atoms. The van der Waals surface area contributed by atoms with E-state index in [0.29, 0.717) is 15.8 Å². The standard InChI is InChI=1S/C12H9BrN2O6/c1-6-7(2-10(21-6)12(17)18)4-14-5-8(13)3-9(11(14)16)15(19)20/h2-3,5H,4H2,1H3,(H,17,18). The largest absolute Gasteiger partial charge is 0.475 e. The minimum absolute atomic E-state index is 0.0261. The summed E-state index contributed by atoms with van der Waals surface area (Å²) in [6, 6.07) is 2.40. The van der Waals surface area contributed by atoms with Crippen molar-refractivity contribution >= 4 is 27.6 Å². The number of carboxylic acid groups (broad SMARTS) is 1. The third kappa shape index (κ3) is 3.02. The van der Waals surface area contributed by atoms with Crippen LogP contribution in [0.15, 0.2) is 32.0 Å². The molecule has 2 aromatic heterocycles. The molecule has 0 fully saturated rings. The first-order valence-electron chi connectivity index (χ1n) is 5.66. The molecule has 0 saturated heterocycles. The molecule has 0 aliphatic heterocycles. The maximum atomic E-state index is 12.0. The molecule has 0 saturated carbocycles. The number of pyridine rings is 1. The van der Waals surface area contributed by atoms with E-state index in [1.165, 1.54) is 12.3 Å². The normalized spacial score (nSPS) is 10.6. The Balaban J connectivity index is 2.47. The van der Waals surface area contributed by atoms with Gasteiger partial charge in [0.1, 0.15) is 5.76 Å². The summed E-state index contributed by atoms with van der Waals surface area (Å²) in [5, 5.41) is 19.7. The van der Waals surface area contributed by atoms with Gasteiger partial charge in [-0.3, -0.25) is 14.9 Å². The van der Waals surface area contributed by atoms with Gasteiger partial charge in [-0.1, -0.05) is 0 Å². The van der Waals surface area contributed by atoms with Crippen molar-refractivity contribution in [1.29, 1.82) is 0 Å². The van der Waals surface area contributed by atoms with Crippen LogP contribution in [0.3, 0.4) is 0 Å². The first kappa shape index (κ1) is 15.0. The van der Waals surface area contributed by atoms with E-state index in [0.717, 1.165) is 10.6 Å². The lowest BCUT2D eigenvalue weighted by atomic mass is 10.2. The number of nitrogens with zero attached hydrogens (tertiary/aromatic N) is 2. The van der Waals surface area contributed by atoms with Crippen LogP contribution < -0.4 is 5.56 Å². The highest BCUT2D eigenvalue weighted by molar-refractivity contribution is 9.10. The Morgan fingerprint density at radius 3 is 2.71 bits per heavy atom. The summed E-state index contributed by atoms with van der Waals surface area (Å²) < 4.78 is 6.52. The molecule has 9 heteroatoms. The summed E-state index contributed by atoms with van der Waals surface area (Å²) in [7, 11) is 0. The van der Waals surface area contributed by atoms with Gasteiger partial charge in [0.25, 0.3) is 0 Å². The Hall–Kier alpha value is -2.42. The fraction of sp³-hybridized carbons (Fsp3) is 0.167. The Labute approximate surface area is 125 Å². The number of rotatable bonds is 4. The van der Waals surface area contributed by atoms with Gasteiger partial charge in [-0.25, -0.2) is 4.79 Å². The second kappa shape index (κ2) is 5.52. The Kier molecular flexibility index (Phi) is 3.94. The summed E-state index contributed by atoms with van der Waals surface area (Å²) in [6.07, 6.45) is 1.39. The number of hydrogen-bond acceptors (Lipinski definition) is 5. The van der Waals surface area contributed by atoms with Crippen LogP contribution in [0.5, 0.6) is 0 Å². The van der Waals surface area contributed by atoms with Gasteiger partial charge in [-0.05, 0) is 28.9 Å². The highest BCUT2D eigenvalue weighted by Gasteiger charge is 2.18. The van der Waals surface area contributed by atoms with Crippen LogP contribution in [0, 0.1) is 17.0 Å². The molecule has 0 unspecified atom stereocenters. The van der Waals surface area contributed by atoms with Crippen LogP contribution in [0.2, 0.25) is 0 Å². The van der Waals surface area contributed by atoms with E-state index in [9.17, 15) is 19.7 Å². The van der Waals surface area contributed by atoms with Crippen molar-refractivity contribution in [2.75, 3.05) is 0 Å². The van der Waals surface area contributed by atoms with Crippen molar-refractivity contribution in [3.8, 4) is 0 Å². The third-order valence-corrected chi connectivity index (χ3v) is 3.24. The number of furan rings is 1. The molecule has 0 aliphatic rings. The number of carbonyl (C=O) groups is 1. The first-order valence-corrected chi connectivity index (χ1v) is 6.46. The first-order chi connectivity index (χ1) is 9.79. The summed E-state index contributed by atoms with van der Waals surface area (Å²) >= 11 is 3.09. The lowest BCUT2D eigenvalue weighted by Crippen LogP contribution is -2.22. The molecule has 2 heterocycles. The Bertz CT molecular complexity index is 792. The number of aromatic nitrogens is 1. The fourth-order valence-corrected chi connectivity index (χ4v) is 2.26. The van der Waals surface area contributed by atoms with E-state index in [1.807, 2.05) is 0 Å². The number of hydrogen-bond donors (Lipinski definition) is 1. The topological polar surface area (TPSA) is 116 Å². The number of carboxylic acids is 1. The van der Waals surface area contributed by atoms with E-state index >= 15 is 0 Å². The minimum Gasteiger partial charge on any atom is -0.475 e. The van der Waals surface area contributed by atoms with Crippen LogP contribution in [0.25, 0.3) is 0 Å². The van der Waals surface area contributed by atoms with Gasteiger partial charge in [0.15, 0.2) is 0 Å². The molecule has 0 spiro atoms. The third-order valence-electron chi connectivity index (χ3n) is 2.80. The maximum absolute atomic E-state index is 12.0. The van der Waals surface area contributed by atoms with Crippen molar-refractivity contribution in [2.24, 2.45) is 0 Å². The Morgan fingerprint density at radius 2 is 2.19 bits per heavy atom. The van der Waals surface area contributed by atoms with Gasteiger partial charge in [0.05, 0.1) is 11.5 Å². The lowest BCUT2D eigenvalue weighted by molar-refractivity contribution is -0.386. The predicted octanol–water partition coefficient (Wildman–Crippen LogP) is 2.17. The molecule has 0 bridgehead atoms. The van der Waals surface area contributed by atoms with Gasteiger partial charge in [-0.2, -0.15) is 0 Å². The van der Waals surface area contributed by atoms with E-state index in [-0.39, 0.29) is 12.3 Å². The van der Waals surface area contributed by atoms with Crippen molar-refractivity contribution in [3.63, 3.8) is 0 Å². The van der Waals surface area contributed by atoms with Crippen LogP contribution in [-0.4, -0.2) is 20.6 Å². The molecular formula is C12H9BrN2O6. The van der Waals surface area contributed by atoms with Crippen LogP contribution >= 0.6 is 15.9 Å². The van der Waals surface area contributed by atoms with E-state index in [2.05, 4.69) is 15.9 Å². The smallest absolute Gasteiger partial charge is 0.371 e. The average Bonchev–Trinajstić information content (AvgIpc) is 2.75. The van der Waals surface area contributed by atoms with E-state index in [1.54, 1.807) is 6.92 Å². The summed E-state index contributed by atoms with van der Waals surface area (Å²) in [5.74, 6) is -1.14. The van der Waals surface area contributed by atoms with Gasteiger partial charge < -0.3 is 14.1 Å². The predicted molar refractivity (Wildman–Crippen MR) is 74.6 cm³/mol. The molecule has 0 radical (unpaired) electrons. The van der Waals surface area contributed by atoms with Crippen molar-refractivity contribution < 1.29 is 19.2 Å². The highest BCUT2D eigenvalue weighted by Crippen LogP contribution is 2.18. The van der Waals surface area contributed by atoms with Gasteiger partial charge >= 0.3 is 17.2 Å². The molecule has 0 aliphatic carbocycles. The monoisotopic (exact) mass is 356 g/mol.